The first-order chi connectivity index (χ1) is 13.9. The van der Waals surface area contributed by atoms with E-state index in [1.54, 1.807) is 4.90 Å². The van der Waals surface area contributed by atoms with Gasteiger partial charge in [-0.15, -0.1) is 0 Å². The molecule has 1 amide bonds. The van der Waals surface area contributed by atoms with E-state index in [0.29, 0.717) is 13.1 Å². The smallest absolute Gasteiger partial charge is 0.410 e. The predicted molar refractivity (Wildman–Crippen MR) is 117 cm³/mol. The molecule has 2 aromatic carbocycles. The van der Waals surface area contributed by atoms with Gasteiger partial charge in [0.2, 0.25) is 0 Å². The molecule has 3 aromatic rings. The van der Waals surface area contributed by atoms with Crippen LogP contribution in [0.1, 0.15) is 20.8 Å². The Morgan fingerprint density at radius 2 is 1.62 bits per heavy atom. The molecule has 5 nitrogen and oxygen atoms in total. The molecular weight excluding hydrogens is 362 g/mol. The highest BCUT2D eigenvalue weighted by Crippen LogP contribution is 2.29. The molecule has 150 valence electrons. The summed E-state index contributed by atoms with van der Waals surface area (Å²) in [6, 6.07) is 20.7. The number of hydrogen-bond donors (Lipinski definition) is 0. The van der Waals surface area contributed by atoms with Crippen LogP contribution in [0.4, 0.5) is 10.5 Å². The van der Waals surface area contributed by atoms with Gasteiger partial charge in [0.1, 0.15) is 5.60 Å². The van der Waals surface area contributed by atoms with E-state index in [9.17, 15) is 4.79 Å². The molecule has 0 unspecified atom stereocenters. The van der Waals surface area contributed by atoms with Gasteiger partial charge in [0.15, 0.2) is 0 Å². The summed E-state index contributed by atoms with van der Waals surface area (Å²) in [5.74, 6) is 0. The Kier molecular flexibility index (Phi) is 5.14. The second kappa shape index (κ2) is 7.74. The Hall–Kier alpha value is -3.08. The Labute approximate surface area is 171 Å². The zero-order valence-corrected chi connectivity index (χ0v) is 17.3. The lowest BCUT2D eigenvalue weighted by Gasteiger charge is -2.37. The van der Waals surface area contributed by atoms with Crippen molar-refractivity contribution in [3.8, 4) is 11.3 Å². The quantitative estimate of drug-likeness (QED) is 0.621. The van der Waals surface area contributed by atoms with Gasteiger partial charge in [-0.1, -0.05) is 36.4 Å². The number of ether oxygens (including phenoxy) is 1. The number of benzene rings is 2. The van der Waals surface area contributed by atoms with E-state index in [1.807, 2.05) is 39.0 Å². The maximum absolute atomic E-state index is 12.3. The van der Waals surface area contributed by atoms with Crippen LogP contribution in [0, 0.1) is 0 Å². The number of nitrogens with zero attached hydrogens (tertiary/aromatic N) is 3. The maximum atomic E-state index is 12.3. The molecule has 29 heavy (non-hydrogen) atoms. The third-order valence-corrected chi connectivity index (χ3v) is 5.05. The lowest BCUT2D eigenvalue weighted by molar-refractivity contribution is 0.0240. The number of aromatic nitrogens is 1. The van der Waals surface area contributed by atoms with Gasteiger partial charge in [-0.05, 0) is 45.0 Å². The van der Waals surface area contributed by atoms with Gasteiger partial charge in [0.25, 0.3) is 0 Å². The maximum Gasteiger partial charge on any atom is 0.410 e. The van der Waals surface area contributed by atoms with E-state index in [4.69, 9.17) is 9.72 Å². The largest absolute Gasteiger partial charge is 0.444 e. The van der Waals surface area contributed by atoms with E-state index >= 15 is 0 Å². The molecule has 1 aromatic heterocycles. The van der Waals surface area contributed by atoms with Gasteiger partial charge in [-0.3, -0.25) is 0 Å². The van der Waals surface area contributed by atoms with Crippen molar-refractivity contribution < 1.29 is 9.53 Å². The van der Waals surface area contributed by atoms with Crippen molar-refractivity contribution in [3.05, 3.63) is 60.7 Å². The normalized spacial score (nSPS) is 14.9. The zero-order valence-electron chi connectivity index (χ0n) is 17.3. The van der Waals surface area contributed by atoms with E-state index < -0.39 is 5.60 Å². The van der Waals surface area contributed by atoms with Crippen LogP contribution in [0.25, 0.3) is 22.2 Å². The van der Waals surface area contributed by atoms with Crippen molar-refractivity contribution in [1.29, 1.82) is 0 Å². The molecule has 4 rings (SSSR count). The second-order valence-corrected chi connectivity index (χ2v) is 8.36. The topological polar surface area (TPSA) is 45.7 Å². The summed E-state index contributed by atoms with van der Waals surface area (Å²) in [7, 11) is 0. The van der Waals surface area contributed by atoms with Crippen molar-refractivity contribution >= 4 is 22.7 Å². The number of rotatable bonds is 2. The molecule has 0 N–H and O–H groups in total. The third kappa shape index (κ3) is 4.34. The van der Waals surface area contributed by atoms with Crippen LogP contribution in [-0.2, 0) is 4.74 Å². The van der Waals surface area contributed by atoms with E-state index in [2.05, 4.69) is 47.4 Å². The molecule has 0 aliphatic carbocycles. The fourth-order valence-corrected chi connectivity index (χ4v) is 3.64. The highest BCUT2D eigenvalue weighted by atomic mass is 16.6. The monoisotopic (exact) mass is 389 g/mol. The molecule has 1 aliphatic rings. The summed E-state index contributed by atoms with van der Waals surface area (Å²) in [5.41, 5.74) is 3.78. The summed E-state index contributed by atoms with van der Waals surface area (Å²) >= 11 is 0. The van der Waals surface area contributed by atoms with Gasteiger partial charge in [0, 0.05) is 42.8 Å². The van der Waals surface area contributed by atoms with Crippen molar-refractivity contribution in [2.45, 2.75) is 26.4 Å². The minimum Gasteiger partial charge on any atom is -0.444 e. The Balaban J connectivity index is 1.52. The second-order valence-electron chi connectivity index (χ2n) is 8.36. The molecule has 2 heterocycles. The lowest BCUT2D eigenvalue weighted by atomic mass is 10.1. The molecule has 0 radical (unpaired) electrons. The van der Waals surface area contributed by atoms with Crippen molar-refractivity contribution in [2.75, 3.05) is 31.1 Å². The standard InChI is InChI=1S/C24H27N3O2/c1-24(2,3)29-23(28)27-16-14-26(15-17-27)22-11-7-10-21-19(22)12-13-20(25-21)18-8-5-4-6-9-18/h4-13H,14-17H2,1-3H3. The van der Waals surface area contributed by atoms with Crippen LogP contribution in [0.5, 0.6) is 0 Å². The number of amides is 1. The number of anilines is 1. The number of piperazine rings is 1. The van der Waals surface area contributed by atoms with Gasteiger partial charge in [-0.25, -0.2) is 9.78 Å². The van der Waals surface area contributed by atoms with Crippen LogP contribution in [-0.4, -0.2) is 47.8 Å². The summed E-state index contributed by atoms with van der Waals surface area (Å²) in [6.45, 7) is 8.55. The predicted octanol–water partition coefficient (Wildman–Crippen LogP) is 4.96. The Morgan fingerprint density at radius 1 is 0.897 bits per heavy atom. The molecular formula is C24H27N3O2. The summed E-state index contributed by atoms with van der Waals surface area (Å²) in [5, 5.41) is 1.14. The molecule has 0 saturated carbocycles. The van der Waals surface area contributed by atoms with E-state index in [1.165, 1.54) is 5.69 Å². The summed E-state index contributed by atoms with van der Waals surface area (Å²) < 4.78 is 5.50. The van der Waals surface area contributed by atoms with Crippen LogP contribution >= 0.6 is 0 Å². The highest BCUT2D eigenvalue weighted by molar-refractivity contribution is 5.93. The average molecular weight is 389 g/mol. The van der Waals surface area contributed by atoms with Crippen LogP contribution in [0.3, 0.4) is 0 Å². The fraction of sp³-hybridized carbons (Fsp3) is 0.333. The minimum absolute atomic E-state index is 0.232. The van der Waals surface area contributed by atoms with Crippen LogP contribution in [0.15, 0.2) is 60.7 Å². The van der Waals surface area contributed by atoms with Crippen molar-refractivity contribution in [2.24, 2.45) is 0 Å². The lowest BCUT2D eigenvalue weighted by Crippen LogP contribution is -2.50. The zero-order chi connectivity index (χ0) is 20.4. The molecule has 5 heteroatoms. The van der Waals surface area contributed by atoms with Crippen LogP contribution in [0.2, 0.25) is 0 Å². The first kappa shape index (κ1) is 19.2. The third-order valence-electron chi connectivity index (χ3n) is 5.05. The van der Waals surface area contributed by atoms with Gasteiger partial charge >= 0.3 is 6.09 Å². The number of hydrogen-bond acceptors (Lipinski definition) is 4. The average Bonchev–Trinajstić information content (AvgIpc) is 2.72. The SMILES string of the molecule is CC(C)(C)OC(=O)N1CCN(c2cccc3nc(-c4ccccc4)ccc23)CC1. The van der Waals surface area contributed by atoms with Crippen molar-refractivity contribution in [3.63, 3.8) is 0 Å². The van der Waals surface area contributed by atoms with E-state index in [0.717, 1.165) is 35.2 Å². The Bertz CT molecular complexity index is 1000. The summed E-state index contributed by atoms with van der Waals surface area (Å²) in [4.78, 5) is 21.3. The molecule has 0 atom stereocenters. The van der Waals surface area contributed by atoms with E-state index in [-0.39, 0.29) is 6.09 Å². The number of pyridine rings is 1. The van der Waals surface area contributed by atoms with Crippen LogP contribution < -0.4 is 4.90 Å². The van der Waals surface area contributed by atoms with Crippen molar-refractivity contribution in [1.82, 2.24) is 9.88 Å². The molecule has 0 bridgehead atoms. The van der Waals surface area contributed by atoms with Gasteiger partial charge in [-0.2, -0.15) is 0 Å². The molecule has 1 fully saturated rings. The minimum atomic E-state index is -0.466. The highest BCUT2D eigenvalue weighted by Gasteiger charge is 2.26. The first-order valence-corrected chi connectivity index (χ1v) is 10.1. The fourth-order valence-electron chi connectivity index (χ4n) is 3.64. The number of carbonyl (C=O) groups is 1. The number of carbonyl (C=O) groups excluding carboxylic acids is 1. The summed E-state index contributed by atoms with van der Waals surface area (Å²) in [6.07, 6.45) is -0.232. The number of fused-ring (bicyclic) bond motifs is 1. The Morgan fingerprint density at radius 3 is 2.31 bits per heavy atom. The molecule has 1 saturated heterocycles. The molecule has 1 aliphatic heterocycles. The molecule has 0 spiro atoms. The van der Waals surface area contributed by atoms with Gasteiger partial charge < -0.3 is 14.5 Å². The van der Waals surface area contributed by atoms with Gasteiger partial charge in [0.05, 0.1) is 11.2 Å². The first-order valence-electron chi connectivity index (χ1n) is 10.1.